The smallest absolute Gasteiger partial charge is 0.336 e. The number of hydrogen-bond acceptors (Lipinski definition) is 6. The second kappa shape index (κ2) is 11.5. The van der Waals surface area contributed by atoms with E-state index in [4.69, 9.17) is 60.6 Å². The minimum Gasteiger partial charge on any atom is -0.495 e. The number of barbiturate groups is 1. The van der Waals surface area contributed by atoms with Crippen LogP contribution in [-0.4, -0.2) is 32.1 Å². The Hall–Kier alpha value is -3.43. The summed E-state index contributed by atoms with van der Waals surface area (Å²) in [5, 5.41) is 3.43. The van der Waals surface area contributed by atoms with Gasteiger partial charge >= 0.3 is 6.03 Å². The molecule has 1 saturated heterocycles. The van der Waals surface area contributed by atoms with Gasteiger partial charge in [0.1, 0.15) is 29.4 Å². The zero-order valence-electron chi connectivity index (χ0n) is 19.8. The molecule has 0 atom stereocenters. The molecule has 0 radical (unpaired) electrons. The van der Waals surface area contributed by atoms with Crippen molar-refractivity contribution in [3.05, 3.63) is 85.3 Å². The van der Waals surface area contributed by atoms with Gasteiger partial charge in [-0.05, 0) is 41.5 Å². The Morgan fingerprint density at radius 1 is 0.789 bits per heavy atom. The molecule has 1 aliphatic rings. The van der Waals surface area contributed by atoms with Crippen LogP contribution in [-0.2, 0) is 16.2 Å². The summed E-state index contributed by atoms with van der Waals surface area (Å²) in [6.45, 7) is 0.182. The molecule has 3 aromatic rings. The number of anilines is 1. The molecule has 1 aliphatic heterocycles. The van der Waals surface area contributed by atoms with Crippen LogP contribution in [0, 0.1) is 0 Å². The molecule has 0 saturated carbocycles. The molecule has 38 heavy (non-hydrogen) atoms. The van der Waals surface area contributed by atoms with Gasteiger partial charge in [-0.1, -0.05) is 58.5 Å². The number of rotatable bonds is 7. The van der Waals surface area contributed by atoms with Crippen molar-refractivity contribution in [3.63, 3.8) is 0 Å². The molecule has 196 valence electrons. The zero-order valence-corrected chi connectivity index (χ0v) is 22.8. The highest BCUT2D eigenvalue weighted by Crippen LogP contribution is 2.39. The third kappa shape index (κ3) is 5.68. The van der Waals surface area contributed by atoms with Gasteiger partial charge in [-0.3, -0.25) is 14.9 Å². The Balaban J connectivity index is 1.61. The quantitative estimate of drug-likeness (QED) is 0.245. The van der Waals surface area contributed by atoms with E-state index in [9.17, 15) is 14.4 Å². The summed E-state index contributed by atoms with van der Waals surface area (Å²) in [5.74, 6) is -1.05. The number of amides is 4. The van der Waals surface area contributed by atoms with Crippen molar-refractivity contribution in [1.29, 1.82) is 0 Å². The van der Waals surface area contributed by atoms with E-state index in [0.717, 1.165) is 10.5 Å². The van der Waals surface area contributed by atoms with E-state index in [1.807, 2.05) is 0 Å². The number of ether oxygens (including phenoxy) is 3. The van der Waals surface area contributed by atoms with Crippen molar-refractivity contribution in [2.45, 2.75) is 6.61 Å². The van der Waals surface area contributed by atoms with Crippen LogP contribution in [0.4, 0.5) is 10.5 Å². The van der Waals surface area contributed by atoms with Gasteiger partial charge in [-0.15, -0.1) is 0 Å². The Morgan fingerprint density at radius 3 is 2.16 bits per heavy atom. The highest BCUT2D eigenvalue weighted by Gasteiger charge is 2.38. The lowest BCUT2D eigenvalue weighted by Gasteiger charge is -2.28. The molecule has 0 bridgehead atoms. The molecule has 12 heteroatoms. The third-order valence-electron chi connectivity index (χ3n) is 5.44. The Labute approximate surface area is 237 Å². The molecular formula is C26H18Cl4N2O6. The van der Waals surface area contributed by atoms with Crippen molar-refractivity contribution < 1.29 is 28.6 Å². The van der Waals surface area contributed by atoms with Crippen molar-refractivity contribution in [3.8, 4) is 17.2 Å². The number of halogens is 4. The Bertz CT molecular complexity index is 1490. The summed E-state index contributed by atoms with van der Waals surface area (Å²) in [6.07, 6.45) is 1.31. The number of carbonyl (C=O) groups is 3. The number of nitrogens with zero attached hydrogens (tertiary/aromatic N) is 1. The van der Waals surface area contributed by atoms with E-state index in [0.29, 0.717) is 21.4 Å². The van der Waals surface area contributed by atoms with E-state index < -0.39 is 17.8 Å². The standard InChI is InChI=1S/C26H18Cl4N2O6/c1-36-22-11-20(23(37-2)10-19(22)30)32-25(34)15(24(33)31-26(32)35)7-13-4-6-21(18(29)8-13)38-12-14-3-5-16(27)17(28)9-14/h3-11H,12H2,1-2H3,(H,31,33,35)/b15-7+. The maximum atomic E-state index is 13.3. The van der Waals surface area contributed by atoms with Gasteiger partial charge in [0, 0.05) is 12.1 Å². The average Bonchev–Trinajstić information content (AvgIpc) is 2.88. The second-order valence-electron chi connectivity index (χ2n) is 7.84. The summed E-state index contributed by atoms with van der Waals surface area (Å²) < 4.78 is 16.2. The normalized spacial score (nSPS) is 14.5. The van der Waals surface area contributed by atoms with Crippen molar-refractivity contribution in [2.24, 2.45) is 0 Å². The molecule has 1 N–H and O–H groups in total. The highest BCUT2D eigenvalue weighted by molar-refractivity contribution is 6.42. The second-order valence-corrected chi connectivity index (χ2v) is 9.47. The van der Waals surface area contributed by atoms with Gasteiger partial charge in [-0.25, -0.2) is 9.69 Å². The van der Waals surface area contributed by atoms with Gasteiger partial charge in [0.15, 0.2) is 0 Å². The van der Waals surface area contributed by atoms with Crippen molar-refractivity contribution >= 4 is 76.0 Å². The molecule has 4 amide bonds. The van der Waals surface area contributed by atoms with E-state index in [-0.39, 0.29) is 39.4 Å². The van der Waals surface area contributed by atoms with Crippen LogP contribution >= 0.6 is 46.4 Å². The largest absolute Gasteiger partial charge is 0.495 e. The fourth-order valence-electron chi connectivity index (χ4n) is 3.58. The number of urea groups is 1. The minimum atomic E-state index is -0.955. The van der Waals surface area contributed by atoms with Gasteiger partial charge in [-0.2, -0.15) is 0 Å². The van der Waals surface area contributed by atoms with Crippen LogP contribution in [0.5, 0.6) is 17.2 Å². The molecule has 1 fully saturated rings. The van der Waals surface area contributed by atoms with Crippen LogP contribution in [0.1, 0.15) is 11.1 Å². The molecule has 0 aliphatic carbocycles. The Kier molecular flexibility index (Phi) is 8.38. The summed E-state index contributed by atoms with van der Waals surface area (Å²) in [6, 6.07) is 11.6. The lowest BCUT2D eigenvalue weighted by molar-refractivity contribution is -0.122. The van der Waals surface area contributed by atoms with Gasteiger partial charge in [0.2, 0.25) is 0 Å². The number of imide groups is 2. The van der Waals surface area contributed by atoms with Gasteiger partial charge in [0.25, 0.3) is 11.8 Å². The van der Waals surface area contributed by atoms with Gasteiger partial charge in [0.05, 0.1) is 40.0 Å². The molecule has 3 aromatic carbocycles. The Morgan fingerprint density at radius 2 is 1.50 bits per heavy atom. The SMILES string of the molecule is COc1cc(N2C(=O)NC(=O)/C(=C\c3ccc(OCc4ccc(Cl)c(Cl)c4)c(Cl)c3)C2=O)c(OC)cc1Cl. The summed E-state index contributed by atoms with van der Waals surface area (Å²) in [4.78, 5) is 39.3. The molecule has 8 nitrogen and oxygen atoms in total. The number of carbonyl (C=O) groups excluding carboxylic acids is 3. The van der Waals surface area contributed by atoms with E-state index in [2.05, 4.69) is 5.32 Å². The highest BCUT2D eigenvalue weighted by atomic mass is 35.5. The monoisotopic (exact) mass is 594 g/mol. The summed E-state index contributed by atoms with van der Waals surface area (Å²) >= 11 is 24.5. The number of benzene rings is 3. The number of hydrogen-bond donors (Lipinski definition) is 1. The third-order valence-corrected chi connectivity index (χ3v) is 6.77. The topological polar surface area (TPSA) is 94.2 Å². The molecule has 4 rings (SSSR count). The molecule has 0 spiro atoms. The fraction of sp³-hybridized carbons (Fsp3) is 0.115. The molecule has 0 unspecified atom stereocenters. The fourth-order valence-corrected chi connectivity index (χ4v) is 4.37. The lowest BCUT2D eigenvalue weighted by atomic mass is 10.1. The van der Waals surface area contributed by atoms with Crippen LogP contribution in [0.25, 0.3) is 6.08 Å². The van der Waals surface area contributed by atoms with E-state index >= 15 is 0 Å². The van der Waals surface area contributed by atoms with Crippen LogP contribution in [0.15, 0.2) is 54.1 Å². The van der Waals surface area contributed by atoms with Crippen LogP contribution in [0.3, 0.4) is 0 Å². The van der Waals surface area contributed by atoms with Crippen molar-refractivity contribution in [1.82, 2.24) is 5.32 Å². The molecule has 1 heterocycles. The van der Waals surface area contributed by atoms with Crippen LogP contribution < -0.4 is 24.4 Å². The van der Waals surface area contributed by atoms with E-state index in [1.54, 1.807) is 30.3 Å². The first-order chi connectivity index (χ1) is 18.1. The number of nitrogens with one attached hydrogen (secondary N) is 1. The molecule has 0 aromatic heterocycles. The first-order valence-corrected chi connectivity index (χ1v) is 12.3. The molecular weight excluding hydrogens is 578 g/mol. The van der Waals surface area contributed by atoms with Crippen LogP contribution in [0.2, 0.25) is 20.1 Å². The maximum Gasteiger partial charge on any atom is 0.336 e. The first kappa shape index (κ1) is 27.6. The predicted molar refractivity (Wildman–Crippen MR) is 146 cm³/mol. The predicted octanol–water partition coefficient (Wildman–Crippen LogP) is 6.56. The summed E-state index contributed by atoms with van der Waals surface area (Å²) in [7, 11) is 2.73. The lowest BCUT2D eigenvalue weighted by Crippen LogP contribution is -2.54. The minimum absolute atomic E-state index is 0.0405. The maximum absolute atomic E-state index is 13.3. The zero-order chi connectivity index (χ0) is 27.6. The van der Waals surface area contributed by atoms with Gasteiger partial charge < -0.3 is 14.2 Å². The van der Waals surface area contributed by atoms with Crippen molar-refractivity contribution in [2.75, 3.05) is 19.1 Å². The first-order valence-electron chi connectivity index (χ1n) is 10.8. The average molecular weight is 596 g/mol. The van der Waals surface area contributed by atoms with E-state index in [1.165, 1.54) is 38.5 Å². The number of methoxy groups -OCH3 is 2. The summed E-state index contributed by atoms with van der Waals surface area (Å²) in [5.41, 5.74) is 0.940.